The van der Waals surface area contributed by atoms with E-state index in [0.717, 1.165) is 28.0 Å². The molecule has 2 aromatic rings. The van der Waals surface area contributed by atoms with Crippen LogP contribution in [0.4, 0.5) is 13.2 Å². The van der Waals surface area contributed by atoms with E-state index < -0.39 is 11.9 Å². The summed E-state index contributed by atoms with van der Waals surface area (Å²) in [5.41, 5.74) is 7.67. The lowest BCUT2D eigenvalue weighted by molar-refractivity contribution is -0.141. The zero-order valence-electron chi connectivity index (χ0n) is 11.2. The van der Waals surface area contributed by atoms with Crippen molar-refractivity contribution in [2.45, 2.75) is 33.0 Å². The molecule has 0 amide bonds. The highest BCUT2D eigenvalue weighted by atomic mass is 32.1. The highest BCUT2D eigenvalue weighted by Crippen LogP contribution is 2.34. The standard InChI is InChI=1S/C14H15F3N2S/c1-8-3-9(2)5-10(4-8)6-12-19-13(14(15,16)17)11(7-18)20-12/h3-5H,6-7,18H2,1-2H3. The van der Waals surface area contributed by atoms with Gasteiger partial charge in [-0.2, -0.15) is 13.2 Å². The van der Waals surface area contributed by atoms with Gasteiger partial charge in [-0.15, -0.1) is 11.3 Å². The number of hydrogen-bond acceptors (Lipinski definition) is 3. The minimum Gasteiger partial charge on any atom is -0.326 e. The summed E-state index contributed by atoms with van der Waals surface area (Å²) in [6.45, 7) is 3.79. The van der Waals surface area contributed by atoms with Gasteiger partial charge in [0, 0.05) is 13.0 Å². The van der Waals surface area contributed by atoms with Crippen LogP contribution in [0.1, 0.15) is 32.3 Å². The van der Waals surface area contributed by atoms with E-state index >= 15 is 0 Å². The van der Waals surface area contributed by atoms with Gasteiger partial charge in [0.1, 0.15) is 0 Å². The highest BCUT2D eigenvalue weighted by molar-refractivity contribution is 7.11. The van der Waals surface area contributed by atoms with Crippen LogP contribution in [0.15, 0.2) is 18.2 Å². The third kappa shape index (κ3) is 3.37. The van der Waals surface area contributed by atoms with Crippen molar-refractivity contribution in [3.63, 3.8) is 0 Å². The van der Waals surface area contributed by atoms with Gasteiger partial charge in [-0.1, -0.05) is 29.3 Å². The summed E-state index contributed by atoms with van der Waals surface area (Å²) < 4.78 is 38.4. The molecule has 1 aromatic heterocycles. The molecule has 108 valence electrons. The molecule has 2 N–H and O–H groups in total. The number of aryl methyl sites for hydroxylation is 2. The van der Waals surface area contributed by atoms with E-state index in [1.165, 1.54) is 0 Å². The monoisotopic (exact) mass is 300 g/mol. The van der Waals surface area contributed by atoms with Gasteiger partial charge in [0.2, 0.25) is 0 Å². The van der Waals surface area contributed by atoms with Gasteiger partial charge < -0.3 is 5.73 Å². The van der Waals surface area contributed by atoms with Gasteiger partial charge in [0.05, 0.1) is 9.88 Å². The summed E-state index contributed by atoms with van der Waals surface area (Å²) in [7, 11) is 0. The van der Waals surface area contributed by atoms with E-state index in [2.05, 4.69) is 4.98 Å². The van der Waals surface area contributed by atoms with E-state index in [1.807, 2.05) is 32.0 Å². The third-order valence-corrected chi connectivity index (χ3v) is 3.91. The number of halogens is 3. The molecule has 0 spiro atoms. The van der Waals surface area contributed by atoms with Crippen molar-refractivity contribution >= 4 is 11.3 Å². The Morgan fingerprint density at radius 2 is 1.75 bits per heavy atom. The second-order valence-electron chi connectivity index (χ2n) is 4.75. The Hall–Kier alpha value is -1.40. The maximum Gasteiger partial charge on any atom is 0.434 e. The molecule has 0 bridgehead atoms. The Labute approximate surface area is 119 Å². The van der Waals surface area contributed by atoms with Crippen LogP contribution in [0.2, 0.25) is 0 Å². The second-order valence-corrected chi connectivity index (χ2v) is 5.92. The van der Waals surface area contributed by atoms with Crippen molar-refractivity contribution in [3.8, 4) is 0 Å². The molecule has 0 atom stereocenters. The van der Waals surface area contributed by atoms with Crippen LogP contribution in [-0.4, -0.2) is 4.98 Å². The molecule has 2 rings (SSSR count). The molecule has 2 nitrogen and oxygen atoms in total. The Bertz CT molecular complexity index is 597. The van der Waals surface area contributed by atoms with Gasteiger partial charge >= 0.3 is 6.18 Å². The molecule has 0 fully saturated rings. The quantitative estimate of drug-likeness (QED) is 0.935. The first-order valence-corrected chi connectivity index (χ1v) is 6.94. The van der Waals surface area contributed by atoms with Crippen molar-refractivity contribution in [2.24, 2.45) is 5.73 Å². The van der Waals surface area contributed by atoms with Gasteiger partial charge in [0.15, 0.2) is 5.69 Å². The summed E-state index contributed by atoms with van der Waals surface area (Å²) >= 11 is 1.04. The average molecular weight is 300 g/mol. The summed E-state index contributed by atoms with van der Waals surface area (Å²) in [5.74, 6) is 0. The minimum absolute atomic E-state index is 0.0943. The van der Waals surface area contributed by atoms with Crippen molar-refractivity contribution in [3.05, 3.63) is 50.5 Å². The van der Waals surface area contributed by atoms with E-state index in [-0.39, 0.29) is 11.4 Å². The predicted octanol–water partition coefficient (Wildman–Crippen LogP) is 3.83. The first-order chi connectivity index (χ1) is 9.29. The van der Waals surface area contributed by atoms with Gasteiger partial charge in [0.25, 0.3) is 0 Å². The normalized spacial score (nSPS) is 11.9. The molecule has 0 aliphatic heterocycles. The van der Waals surface area contributed by atoms with E-state index in [0.29, 0.717) is 11.4 Å². The smallest absolute Gasteiger partial charge is 0.326 e. The molecule has 1 heterocycles. The fourth-order valence-electron chi connectivity index (χ4n) is 2.18. The van der Waals surface area contributed by atoms with Crippen molar-refractivity contribution in [1.82, 2.24) is 4.98 Å². The minimum atomic E-state index is -4.44. The van der Waals surface area contributed by atoms with Crippen LogP contribution in [0, 0.1) is 13.8 Å². The molecule has 6 heteroatoms. The van der Waals surface area contributed by atoms with Crippen LogP contribution >= 0.6 is 11.3 Å². The maximum atomic E-state index is 12.8. The third-order valence-electron chi connectivity index (χ3n) is 2.83. The molecule has 0 aliphatic rings. The zero-order chi connectivity index (χ0) is 14.9. The fourth-order valence-corrected chi connectivity index (χ4v) is 3.18. The molecule has 0 unspecified atom stereocenters. The molecule has 0 saturated carbocycles. The molecule has 0 radical (unpaired) electrons. The number of benzene rings is 1. The highest BCUT2D eigenvalue weighted by Gasteiger charge is 2.36. The lowest BCUT2D eigenvalue weighted by atomic mass is 10.1. The number of thiazole rings is 1. The summed E-state index contributed by atoms with van der Waals surface area (Å²) in [5, 5.41) is 0.447. The van der Waals surface area contributed by atoms with Crippen LogP contribution in [-0.2, 0) is 19.1 Å². The Kier molecular flexibility index (Phi) is 4.15. The van der Waals surface area contributed by atoms with E-state index in [1.54, 1.807) is 0 Å². The number of nitrogens with two attached hydrogens (primary N) is 1. The van der Waals surface area contributed by atoms with E-state index in [9.17, 15) is 13.2 Å². The lowest BCUT2D eigenvalue weighted by Gasteiger charge is -2.04. The Balaban J connectivity index is 2.32. The predicted molar refractivity (Wildman–Crippen MR) is 73.7 cm³/mol. The molecular weight excluding hydrogens is 285 g/mol. The molecule has 20 heavy (non-hydrogen) atoms. The number of alkyl halides is 3. The number of nitrogens with zero attached hydrogens (tertiary/aromatic N) is 1. The SMILES string of the molecule is Cc1cc(C)cc(Cc2nc(C(F)(F)F)c(CN)s2)c1. The number of aromatic nitrogens is 1. The zero-order valence-corrected chi connectivity index (χ0v) is 12.0. The van der Waals surface area contributed by atoms with Crippen LogP contribution in [0.25, 0.3) is 0 Å². The maximum absolute atomic E-state index is 12.8. The average Bonchev–Trinajstić information content (AvgIpc) is 2.70. The van der Waals surface area contributed by atoms with Crippen LogP contribution in [0.3, 0.4) is 0 Å². The van der Waals surface area contributed by atoms with E-state index in [4.69, 9.17) is 5.73 Å². The first-order valence-electron chi connectivity index (χ1n) is 6.12. The second kappa shape index (κ2) is 5.54. The van der Waals surface area contributed by atoms with Crippen LogP contribution in [0.5, 0.6) is 0 Å². The Morgan fingerprint density at radius 1 is 1.15 bits per heavy atom. The Morgan fingerprint density at radius 3 is 2.20 bits per heavy atom. The molecule has 0 saturated heterocycles. The molecular formula is C14H15F3N2S. The topological polar surface area (TPSA) is 38.9 Å². The lowest BCUT2D eigenvalue weighted by Crippen LogP contribution is -2.10. The number of hydrogen-bond donors (Lipinski definition) is 1. The van der Waals surface area contributed by atoms with Crippen molar-refractivity contribution in [2.75, 3.05) is 0 Å². The summed E-state index contributed by atoms with van der Waals surface area (Å²) in [6.07, 6.45) is -4.04. The van der Waals surface area contributed by atoms with Crippen LogP contribution < -0.4 is 5.73 Å². The molecule has 1 aromatic carbocycles. The van der Waals surface area contributed by atoms with Gasteiger partial charge in [-0.3, -0.25) is 0 Å². The fraction of sp³-hybridized carbons (Fsp3) is 0.357. The van der Waals surface area contributed by atoms with Crippen molar-refractivity contribution < 1.29 is 13.2 Å². The number of rotatable bonds is 3. The first kappa shape index (κ1) is 15.0. The summed E-state index contributed by atoms with van der Waals surface area (Å²) in [4.78, 5) is 3.81. The molecule has 0 aliphatic carbocycles. The summed E-state index contributed by atoms with van der Waals surface area (Å²) in [6, 6.07) is 5.95. The largest absolute Gasteiger partial charge is 0.434 e. The van der Waals surface area contributed by atoms with Gasteiger partial charge in [-0.25, -0.2) is 4.98 Å². The van der Waals surface area contributed by atoms with Crippen molar-refractivity contribution in [1.29, 1.82) is 0 Å². The van der Waals surface area contributed by atoms with Gasteiger partial charge in [-0.05, 0) is 19.4 Å².